The molecular formula is C36H46N4O6. The van der Waals surface area contributed by atoms with Gasteiger partial charge in [0.25, 0.3) is 11.8 Å². The van der Waals surface area contributed by atoms with E-state index in [9.17, 15) is 19.8 Å². The van der Waals surface area contributed by atoms with E-state index in [0.29, 0.717) is 50.5 Å². The van der Waals surface area contributed by atoms with Gasteiger partial charge >= 0.3 is 0 Å². The van der Waals surface area contributed by atoms with Crippen LogP contribution in [0.2, 0.25) is 0 Å². The highest BCUT2D eigenvalue weighted by Gasteiger charge is 2.23. The van der Waals surface area contributed by atoms with Crippen molar-refractivity contribution in [2.24, 2.45) is 0 Å². The van der Waals surface area contributed by atoms with Crippen molar-refractivity contribution >= 4 is 11.8 Å². The lowest BCUT2D eigenvalue weighted by molar-refractivity contribution is 0.0559. The Kier molecular flexibility index (Phi) is 12.4. The summed E-state index contributed by atoms with van der Waals surface area (Å²) in [6.07, 6.45) is -0.00906. The third-order valence-corrected chi connectivity index (χ3v) is 8.63. The van der Waals surface area contributed by atoms with Crippen molar-refractivity contribution in [3.63, 3.8) is 0 Å². The molecule has 10 nitrogen and oxygen atoms in total. The van der Waals surface area contributed by atoms with Gasteiger partial charge in [-0.1, -0.05) is 36.4 Å². The first kappa shape index (κ1) is 33.4. The topological polar surface area (TPSA) is 106 Å². The molecule has 3 aromatic rings. The van der Waals surface area contributed by atoms with Gasteiger partial charge in [0.2, 0.25) is 0 Å². The minimum absolute atomic E-state index is 0.0707. The monoisotopic (exact) mass is 630 g/mol. The summed E-state index contributed by atoms with van der Waals surface area (Å²) in [4.78, 5) is 33.6. The number of aliphatic hydroxyl groups excluding tert-OH is 2. The number of piperazine rings is 2. The van der Waals surface area contributed by atoms with Crippen LogP contribution in [0.3, 0.4) is 0 Å². The molecular weight excluding hydrogens is 584 g/mol. The van der Waals surface area contributed by atoms with Gasteiger partial charge in [-0.25, -0.2) is 0 Å². The van der Waals surface area contributed by atoms with Crippen LogP contribution in [-0.2, 0) is 0 Å². The number of hydrogen-bond donors (Lipinski definition) is 2. The highest BCUT2D eigenvalue weighted by atomic mass is 16.5. The molecule has 2 saturated heterocycles. The lowest BCUT2D eigenvalue weighted by Gasteiger charge is -2.35. The second-order valence-corrected chi connectivity index (χ2v) is 12.0. The second kappa shape index (κ2) is 17.1. The normalized spacial score (nSPS) is 17.3. The zero-order valence-corrected chi connectivity index (χ0v) is 26.5. The summed E-state index contributed by atoms with van der Waals surface area (Å²) in [7, 11) is 0. The summed E-state index contributed by atoms with van der Waals surface area (Å²) in [5, 5.41) is 20.9. The first-order valence-corrected chi connectivity index (χ1v) is 16.3. The molecule has 0 aromatic heterocycles. The van der Waals surface area contributed by atoms with Crippen LogP contribution in [0.15, 0.2) is 84.9 Å². The van der Waals surface area contributed by atoms with Crippen LogP contribution in [0.1, 0.15) is 33.6 Å². The van der Waals surface area contributed by atoms with Crippen LogP contribution < -0.4 is 9.47 Å². The number of carbonyl (C=O) groups is 2. The standard InChI is InChI=1S/C36H46N4O6/c41-31(15-17-37-19-23-39(24-20-37)35(43)29-7-3-1-4-8-29)27-45-33-11-13-34(14-12-33)46-28-32(42)16-18-38-21-25-40(26-22-38)36(44)30-9-5-2-6-10-30/h1-14,31-32,41-42H,15-28H2/t31-,32-/m1/s1. The molecule has 2 aliphatic rings. The number of nitrogens with zero attached hydrogens (tertiary/aromatic N) is 4. The van der Waals surface area contributed by atoms with Crippen molar-refractivity contribution < 1.29 is 29.3 Å². The minimum atomic E-state index is -0.595. The molecule has 10 heteroatoms. The number of ether oxygens (including phenoxy) is 2. The Bertz CT molecular complexity index is 1240. The maximum absolute atomic E-state index is 12.6. The molecule has 2 amide bonds. The predicted molar refractivity (Wildman–Crippen MR) is 176 cm³/mol. The predicted octanol–water partition coefficient (Wildman–Crippen LogP) is 2.86. The number of amides is 2. The van der Waals surface area contributed by atoms with E-state index in [1.807, 2.05) is 70.5 Å². The highest BCUT2D eigenvalue weighted by molar-refractivity contribution is 5.94. The van der Waals surface area contributed by atoms with Crippen LogP contribution in [0, 0.1) is 0 Å². The summed E-state index contributed by atoms with van der Waals surface area (Å²) in [5.41, 5.74) is 1.44. The Morgan fingerprint density at radius 2 is 0.891 bits per heavy atom. The second-order valence-electron chi connectivity index (χ2n) is 12.0. The average Bonchev–Trinajstić information content (AvgIpc) is 3.12. The molecule has 2 fully saturated rings. The van der Waals surface area contributed by atoms with Gasteiger partial charge in [-0.2, -0.15) is 0 Å². The summed E-state index contributed by atoms with van der Waals surface area (Å²) in [6, 6.07) is 25.9. The summed E-state index contributed by atoms with van der Waals surface area (Å²) >= 11 is 0. The number of rotatable bonds is 14. The molecule has 0 aliphatic carbocycles. The van der Waals surface area contributed by atoms with E-state index in [1.54, 1.807) is 24.3 Å². The molecule has 46 heavy (non-hydrogen) atoms. The fourth-order valence-electron chi connectivity index (χ4n) is 5.72. The van der Waals surface area contributed by atoms with E-state index in [-0.39, 0.29) is 25.0 Å². The van der Waals surface area contributed by atoms with Crippen molar-refractivity contribution in [3.8, 4) is 11.5 Å². The van der Waals surface area contributed by atoms with Gasteiger partial charge in [0.05, 0.1) is 12.2 Å². The molecule has 0 spiro atoms. The van der Waals surface area contributed by atoms with E-state index in [4.69, 9.17) is 9.47 Å². The van der Waals surface area contributed by atoms with Gasteiger partial charge in [0.15, 0.2) is 0 Å². The summed E-state index contributed by atoms with van der Waals surface area (Å²) in [5.74, 6) is 1.43. The molecule has 3 aromatic carbocycles. The van der Waals surface area contributed by atoms with Crippen molar-refractivity contribution in [1.82, 2.24) is 19.6 Å². The molecule has 0 saturated carbocycles. The SMILES string of the molecule is O=C(c1ccccc1)N1CCN(CC[C@@H](O)COc2ccc(OC[C@H](O)CCN3CCN(C(=O)c4ccccc4)CC3)cc2)CC1. The number of hydrogen-bond acceptors (Lipinski definition) is 8. The lowest BCUT2D eigenvalue weighted by Crippen LogP contribution is -2.49. The molecule has 2 atom stereocenters. The fraction of sp³-hybridized carbons (Fsp3) is 0.444. The summed E-state index contributed by atoms with van der Waals surface area (Å²) < 4.78 is 11.6. The van der Waals surface area contributed by atoms with Crippen LogP contribution >= 0.6 is 0 Å². The van der Waals surface area contributed by atoms with Crippen molar-refractivity contribution in [2.75, 3.05) is 78.7 Å². The maximum Gasteiger partial charge on any atom is 0.253 e. The van der Waals surface area contributed by atoms with Gasteiger partial charge in [-0.3, -0.25) is 19.4 Å². The molecule has 0 bridgehead atoms. The third-order valence-electron chi connectivity index (χ3n) is 8.63. The van der Waals surface area contributed by atoms with Gasteiger partial charge in [-0.05, 0) is 61.4 Å². The van der Waals surface area contributed by atoms with E-state index < -0.39 is 12.2 Å². The largest absolute Gasteiger partial charge is 0.491 e. The minimum Gasteiger partial charge on any atom is -0.491 e. The Balaban J connectivity index is 0.912. The molecule has 5 rings (SSSR count). The number of benzene rings is 3. The molecule has 2 heterocycles. The highest BCUT2D eigenvalue weighted by Crippen LogP contribution is 2.19. The fourth-order valence-corrected chi connectivity index (χ4v) is 5.72. The summed E-state index contributed by atoms with van der Waals surface area (Å²) in [6.45, 7) is 7.77. The number of aliphatic hydroxyl groups is 2. The Morgan fingerprint density at radius 1 is 0.543 bits per heavy atom. The zero-order valence-electron chi connectivity index (χ0n) is 26.5. The maximum atomic E-state index is 12.6. The van der Waals surface area contributed by atoms with Gasteiger partial charge in [-0.15, -0.1) is 0 Å². The van der Waals surface area contributed by atoms with Crippen LogP contribution in [-0.4, -0.2) is 132 Å². The van der Waals surface area contributed by atoms with Gasteiger partial charge < -0.3 is 29.5 Å². The zero-order chi connectivity index (χ0) is 32.1. The Hall–Kier alpha value is -3.96. The van der Waals surface area contributed by atoms with E-state index >= 15 is 0 Å². The lowest BCUT2D eigenvalue weighted by atomic mass is 10.1. The van der Waals surface area contributed by atoms with Crippen molar-refractivity contribution in [2.45, 2.75) is 25.0 Å². The van der Waals surface area contributed by atoms with Gasteiger partial charge in [0.1, 0.15) is 24.7 Å². The average molecular weight is 631 g/mol. The first-order chi connectivity index (χ1) is 22.4. The van der Waals surface area contributed by atoms with Crippen LogP contribution in [0.5, 0.6) is 11.5 Å². The molecule has 0 radical (unpaired) electrons. The van der Waals surface area contributed by atoms with E-state index in [0.717, 1.165) is 50.4 Å². The van der Waals surface area contributed by atoms with Gasteiger partial charge in [0, 0.05) is 76.6 Å². The smallest absolute Gasteiger partial charge is 0.253 e. The van der Waals surface area contributed by atoms with E-state index in [1.165, 1.54) is 0 Å². The molecule has 246 valence electrons. The number of carbonyl (C=O) groups excluding carboxylic acids is 2. The molecule has 2 N–H and O–H groups in total. The Labute approximate surface area is 271 Å². The van der Waals surface area contributed by atoms with Crippen molar-refractivity contribution in [3.05, 3.63) is 96.1 Å². The molecule has 0 unspecified atom stereocenters. The molecule has 2 aliphatic heterocycles. The first-order valence-electron chi connectivity index (χ1n) is 16.3. The van der Waals surface area contributed by atoms with Crippen LogP contribution in [0.4, 0.5) is 0 Å². The van der Waals surface area contributed by atoms with Crippen molar-refractivity contribution in [1.29, 1.82) is 0 Å². The Morgan fingerprint density at radius 3 is 1.24 bits per heavy atom. The quantitative estimate of drug-likeness (QED) is 0.280. The van der Waals surface area contributed by atoms with Crippen LogP contribution in [0.25, 0.3) is 0 Å². The van der Waals surface area contributed by atoms with E-state index in [2.05, 4.69) is 9.80 Å². The third kappa shape index (κ3) is 10.0.